The predicted octanol–water partition coefficient (Wildman–Crippen LogP) is 6.93. The molecule has 1 aromatic heterocycles. The summed E-state index contributed by atoms with van der Waals surface area (Å²) < 4.78 is 0.947. The van der Waals surface area contributed by atoms with Crippen LogP contribution in [0.15, 0.2) is 72.8 Å². The monoisotopic (exact) mass is 522 g/mol. The third-order valence-electron chi connectivity index (χ3n) is 6.00. The van der Waals surface area contributed by atoms with E-state index >= 15 is 0 Å². The molecule has 1 aliphatic heterocycles. The Kier molecular flexibility index (Phi) is 6.60. The molecule has 0 spiro atoms. The smallest absolute Gasteiger partial charge is 0.269 e. The highest BCUT2D eigenvalue weighted by atomic mass is 35.5. The van der Waals surface area contributed by atoms with Crippen molar-refractivity contribution in [3.63, 3.8) is 0 Å². The number of halogens is 2. The number of carbonyl (C=O) groups excluding carboxylic acids is 3. The first-order valence-electron chi connectivity index (χ1n) is 11.2. The van der Waals surface area contributed by atoms with Crippen LogP contribution in [-0.4, -0.2) is 35.7 Å². The highest BCUT2D eigenvalue weighted by molar-refractivity contribution is 7.21. The molecule has 0 atom stereocenters. The summed E-state index contributed by atoms with van der Waals surface area (Å²) in [6.07, 6.45) is 1.15. The van der Waals surface area contributed by atoms with Crippen molar-refractivity contribution in [2.75, 3.05) is 18.0 Å². The minimum absolute atomic E-state index is 0.195. The fraction of sp³-hybridized carbons (Fsp3) is 0.148. The molecule has 2 heterocycles. The normalized spacial score (nSPS) is 12.9. The zero-order chi connectivity index (χ0) is 24.5. The Bertz CT molecular complexity index is 1410. The van der Waals surface area contributed by atoms with E-state index in [9.17, 15) is 14.4 Å². The summed E-state index contributed by atoms with van der Waals surface area (Å²) in [5.41, 5.74) is 1.58. The zero-order valence-corrected chi connectivity index (χ0v) is 20.9. The van der Waals surface area contributed by atoms with Crippen molar-refractivity contribution in [3.8, 4) is 0 Å². The van der Waals surface area contributed by atoms with Gasteiger partial charge in [0.15, 0.2) is 0 Å². The third-order valence-corrected chi connectivity index (χ3v) is 7.92. The number of hydrogen-bond donors (Lipinski definition) is 0. The van der Waals surface area contributed by atoms with Crippen molar-refractivity contribution in [3.05, 3.63) is 98.8 Å². The molecule has 176 valence electrons. The van der Waals surface area contributed by atoms with Crippen LogP contribution in [0.5, 0.6) is 0 Å². The quantitative estimate of drug-likeness (QED) is 0.195. The molecule has 0 bridgehead atoms. The van der Waals surface area contributed by atoms with Crippen molar-refractivity contribution in [1.82, 2.24) is 4.90 Å². The van der Waals surface area contributed by atoms with Gasteiger partial charge < -0.3 is 4.90 Å². The van der Waals surface area contributed by atoms with Gasteiger partial charge in [-0.15, -0.1) is 11.3 Å². The van der Waals surface area contributed by atoms with E-state index in [0.717, 1.165) is 10.1 Å². The van der Waals surface area contributed by atoms with Gasteiger partial charge in [-0.3, -0.25) is 19.3 Å². The second-order valence-corrected chi connectivity index (χ2v) is 10.1. The minimum Gasteiger partial charge on any atom is -0.308 e. The summed E-state index contributed by atoms with van der Waals surface area (Å²) in [4.78, 5) is 42.3. The Labute approximate surface area is 216 Å². The molecule has 3 aromatic carbocycles. The lowest BCUT2D eigenvalue weighted by atomic mass is 10.1. The van der Waals surface area contributed by atoms with E-state index in [4.69, 9.17) is 23.2 Å². The molecule has 0 saturated carbocycles. The first-order chi connectivity index (χ1) is 17.0. The summed E-state index contributed by atoms with van der Waals surface area (Å²) in [5, 5.41) is 1.87. The van der Waals surface area contributed by atoms with Gasteiger partial charge in [-0.2, -0.15) is 0 Å². The third kappa shape index (κ3) is 4.45. The van der Waals surface area contributed by atoms with E-state index in [1.165, 1.54) is 16.2 Å². The van der Waals surface area contributed by atoms with Gasteiger partial charge in [0.1, 0.15) is 4.88 Å². The Morgan fingerprint density at radius 3 is 2.11 bits per heavy atom. The van der Waals surface area contributed by atoms with Crippen molar-refractivity contribution in [2.45, 2.75) is 12.8 Å². The van der Waals surface area contributed by atoms with Crippen LogP contribution in [0.2, 0.25) is 10.0 Å². The first kappa shape index (κ1) is 23.5. The van der Waals surface area contributed by atoms with E-state index in [2.05, 4.69) is 0 Å². The molecule has 8 heteroatoms. The second-order valence-electron chi connectivity index (χ2n) is 8.19. The van der Waals surface area contributed by atoms with E-state index < -0.39 is 0 Å². The summed E-state index contributed by atoms with van der Waals surface area (Å²) in [6, 6.07) is 21.6. The van der Waals surface area contributed by atoms with Crippen LogP contribution in [0.25, 0.3) is 10.1 Å². The number of anilines is 1. The van der Waals surface area contributed by atoms with Gasteiger partial charge in [0.25, 0.3) is 17.7 Å². The molecule has 35 heavy (non-hydrogen) atoms. The lowest BCUT2D eigenvalue weighted by Gasteiger charge is -2.23. The number of rotatable bonds is 7. The van der Waals surface area contributed by atoms with E-state index in [-0.39, 0.29) is 17.7 Å². The Morgan fingerprint density at radius 2 is 1.46 bits per heavy atom. The Balaban J connectivity index is 1.32. The van der Waals surface area contributed by atoms with Gasteiger partial charge in [0.05, 0.1) is 16.1 Å². The van der Waals surface area contributed by atoms with Gasteiger partial charge in [-0.1, -0.05) is 53.5 Å². The molecule has 3 amide bonds. The highest BCUT2D eigenvalue weighted by Gasteiger charge is 2.34. The molecule has 0 aliphatic carbocycles. The largest absolute Gasteiger partial charge is 0.308 e. The van der Waals surface area contributed by atoms with Gasteiger partial charge in [0, 0.05) is 33.9 Å². The molecule has 0 saturated heterocycles. The number of benzene rings is 3. The number of hydrogen-bond acceptors (Lipinski definition) is 4. The predicted molar refractivity (Wildman–Crippen MR) is 141 cm³/mol. The summed E-state index contributed by atoms with van der Waals surface area (Å²) in [7, 11) is 0. The SMILES string of the molecule is O=C1c2ccccc2C(=O)N1CCCCN(C(=O)c1sc2ccccc2c1Cl)c1ccc(Cl)cc1. The van der Waals surface area contributed by atoms with Gasteiger partial charge in [0.2, 0.25) is 0 Å². The number of thiophene rings is 1. The van der Waals surface area contributed by atoms with Gasteiger partial charge in [-0.25, -0.2) is 0 Å². The van der Waals surface area contributed by atoms with Crippen molar-refractivity contribution >= 4 is 68.0 Å². The number of nitrogens with zero attached hydrogens (tertiary/aromatic N) is 2. The topological polar surface area (TPSA) is 57.7 Å². The lowest BCUT2D eigenvalue weighted by Crippen LogP contribution is -2.33. The van der Waals surface area contributed by atoms with Crippen LogP contribution in [-0.2, 0) is 0 Å². The zero-order valence-electron chi connectivity index (χ0n) is 18.5. The number of unbranched alkanes of at least 4 members (excludes halogenated alkanes) is 1. The summed E-state index contributed by atoms with van der Waals surface area (Å²) in [6.45, 7) is 0.687. The van der Waals surface area contributed by atoms with Crippen molar-refractivity contribution < 1.29 is 14.4 Å². The van der Waals surface area contributed by atoms with E-state index in [0.29, 0.717) is 57.7 Å². The molecule has 5 nitrogen and oxygen atoms in total. The summed E-state index contributed by atoms with van der Waals surface area (Å²) in [5.74, 6) is -0.735. The maximum Gasteiger partial charge on any atom is 0.269 e. The van der Waals surface area contributed by atoms with Crippen molar-refractivity contribution in [2.24, 2.45) is 0 Å². The average molecular weight is 523 g/mol. The van der Waals surface area contributed by atoms with Crippen LogP contribution in [0.3, 0.4) is 0 Å². The fourth-order valence-corrected chi connectivity index (χ4v) is 5.81. The lowest BCUT2D eigenvalue weighted by molar-refractivity contribution is 0.0651. The fourth-order valence-electron chi connectivity index (χ4n) is 4.23. The molecule has 1 aliphatic rings. The molecule has 0 radical (unpaired) electrons. The molecule has 0 unspecified atom stereocenters. The minimum atomic E-state index is -0.270. The van der Waals surface area contributed by atoms with Crippen LogP contribution in [0.1, 0.15) is 43.2 Å². The maximum absolute atomic E-state index is 13.6. The van der Waals surface area contributed by atoms with Gasteiger partial charge in [-0.05, 0) is 55.3 Å². The van der Waals surface area contributed by atoms with Crippen LogP contribution < -0.4 is 4.90 Å². The molecular formula is C27H20Cl2N2O3S. The number of imide groups is 1. The molecule has 0 N–H and O–H groups in total. The Morgan fingerprint density at radius 1 is 0.829 bits per heavy atom. The Hall–Kier alpha value is -3.19. The van der Waals surface area contributed by atoms with E-state index in [1.807, 2.05) is 24.3 Å². The second kappa shape index (κ2) is 9.82. The molecule has 4 aromatic rings. The maximum atomic E-state index is 13.6. The molecular weight excluding hydrogens is 503 g/mol. The molecule has 5 rings (SSSR count). The highest BCUT2D eigenvalue weighted by Crippen LogP contribution is 2.37. The van der Waals surface area contributed by atoms with Crippen LogP contribution in [0, 0.1) is 0 Å². The number of amides is 3. The van der Waals surface area contributed by atoms with E-state index in [1.54, 1.807) is 53.4 Å². The average Bonchev–Trinajstić information content (AvgIpc) is 3.34. The number of fused-ring (bicyclic) bond motifs is 2. The summed E-state index contributed by atoms with van der Waals surface area (Å²) >= 11 is 14.0. The number of carbonyl (C=O) groups is 3. The molecule has 0 fully saturated rings. The van der Waals surface area contributed by atoms with Crippen molar-refractivity contribution in [1.29, 1.82) is 0 Å². The van der Waals surface area contributed by atoms with Crippen LogP contribution in [0.4, 0.5) is 5.69 Å². The standard InChI is InChI=1S/C27H20Cl2N2O3S/c28-17-11-13-18(14-12-17)30(27(34)24-23(29)21-9-3-4-10-22(21)35-24)15-5-6-16-31-25(32)19-7-1-2-8-20(19)26(31)33/h1-4,7-14H,5-6,15-16H2. The van der Waals surface area contributed by atoms with Crippen LogP contribution >= 0.6 is 34.5 Å². The van der Waals surface area contributed by atoms with Gasteiger partial charge >= 0.3 is 0 Å². The first-order valence-corrected chi connectivity index (χ1v) is 12.7.